The number of methoxy groups -OCH3 is 1. The predicted octanol–water partition coefficient (Wildman–Crippen LogP) is 3.75. The number of ether oxygens (including phenoxy) is 1. The number of aromatic nitrogens is 2. The Labute approximate surface area is 183 Å². The summed E-state index contributed by atoms with van der Waals surface area (Å²) in [6.07, 6.45) is 5.53. The van der Waals surface area contributed by atoms with Crippen molar-refractivity contribution in [2.24, 2.45) is 4.99 Å². The van der Waals surface area contributed by atoms with E-state index in [-0.39, 0.29) is 24.0 Å². The SMILES string of the molecule is CCNC(=NCc1cccc(OC)c1)NCc1ccccc1-n1ccnc1.I. The Kier molecular flexibility index (Phi) is 8.80. The van der Waals surface area contributed by atoms with Crippen molar-refractivity contribution in [2.75, 3.05) is 13.7 Å². The van der Waals surface area contributed by atoms with Gasteiger partial charge in [-0.2, -0.15) is 0 Å². The maximum absolute atomic E-state index is 5.28. The van der Waals surface area contributed by atoms with Crippen LogP contribution < -0.4 is 15.4 Å². The number of guanidine groups is 1. The van der Waals surface area contributed by atoms with E-state index >= 15 is 0 Å². The molecule has 0 bridgehead atoms. The lowest BCUT2D eigenvalue weighted by Crippen LogP contribution is -2.37. The Balaban J connectivity index is 0.00000280. The highest BCUT2D eigenvalue weighted by Gasteiger charge is 2.05. The van der Waals surface area contributed by atoms with E-state index in [0.717, 1.165) is 29.5 Å². The molecule has 0 atom stereocenters. The summed E-state index contributed by atoms with van der Waals surface area (Å²) in [4.78, 5) is 8.82. The topological polar surface area (TPSA) is 63.5 Å². The van der Waals surface area contributed by atoms with Crippen LogP contribution in [0.3, 0.4) is 0 Å². The number of hydrogen-bond donors (Lipinski definition) is 2. The minimum atomic E-state index is 0. The van der Waals surface area contributed by atoms with Gasteiger partial charge in [0.15, 0.2) is 5.96 Å². The molecule has 0 unspecified atom stereocenters. The summed E-state index contributed by atoms with van der Waals surface area (Å²) >= 11 is 0. The molecule has 2 aromatic carbocycles. The number of benzene rings is 2. The predicted molar refractivity (Wildman–Crippen MR) is 124 cm³/mol. The van der Waals surface area contributed by atoms with Crippen LogP contribution in [0.4, 0.5) is 0 Å². The lowest BCUT2D eigenvalue weighted by atomic mass is 10.1. The van der Waals surface area contributed by atoms with Gasteiger partial charge >= 0.3 is 0 Å². The maximum Gasteiger partial charge on any atom is 0.191 e. The van der Waals surface area contributed by atoms with E-state index in [0.29, 0.717) is 13.1 Å². The summed E-state index contributed by atoms with van der Waals surface area (Å²) in [6, 6.07) is 16.2. The number of para-hydroxylation sites is 1. The van der Waals surface area contributed by atoms with E-state index in [2.05, 4.69) is 39.7 Å². The van der Waals surface area contributed by atoms with Crippen molar-refractivity contribution >= 4 is 29.9 Å². The number of halogens is 1. The van der Waals surface area contributed by atoms with Crippen LogP contribution in [-0.4, -0.2) is 29.2 Å². The van der Waals surface area contributed by atoms with Crippen LogP contribution >= 0.6 is 24.0 Å². The molecule has 0 fully saturated rings. The molecule has 7 heteroatoms. The molecule has 1 aromatic heterocycles. The van der Waals surface area contributed by atoms with Crippen LogP contribution in [0.5, 0.6) is 5.75 Å². The summed E-state index contributed by atoms with van der Waals surface area (Å²) in [6.45, 7) is 4.10. The highest BCUT2D eigenvalue weighted by atomic mass is 127. The fraction of sp³-hybridized carbons (Fsp3) is 0.238. The van der Waals surface area contributed by atoms with Crippen molar-refractivity contribution < 1.29 is 4.74 Å². The molecule has 28 heavy (non-hydrogen) atoms. The van der Waals surface area contributed by atoms with Gasteiger partial charge < -0.3 is 19.9 Å². The molecule has 0 saturated heterocycles. The molecule has 6 nitrogen and oxygen atoms in total. The molecule has 0 aliphatic rings. The zero-order valence-corrected chi connectivity index (χ0v) is 18.5. The van der Waals surface area contributed by atoms with Gasteiger partial charge in [0.1, 0.15) is 5.75 Å². The van der Waals surface area contributed by atoms with Gasteiger partial charge in [-0.1, -0.05) is 30.3 Å². The van der Waals surface area contributed by atoms with Crippen molar-refractivity contribution in [1.29, 1.82) is 0 Å². The Morgan fingerprint density at radius 2 is 2.00 bits per heavy atom. The van der Waals surface area contributed by atoms with E-state index in [9.17, 15) is 0 Å². The van der Waals surface area contributed by atoms with Crippen LogP contribution in [0.25, 0.3) is 5.69 Å². The number of aliphatic imine (C=N–C) groups is 1. The Morgan fingerprint density at radius 1 is 1.14 bits per heavy atom. The van der Waals surface area contributed by atoms with Gasteiger partial charge in [0.05, 0.1) is 25.7 Å². The van der Waals surface area contributed by atoms with Gasteiger partial charge in [0.2, 0.25) is 0 Å². The molecule has 2 N–H and O–H groups in total. The largest absolute Gasteiger partial charge is 0.497 e. The normalized spacial score (nSPS) is 10.9. The number of hydrogen-bond acceptors (Lipinski definition) is 3. The van der Waals surface area contributed by atoms with Gasteiger partial charge in [0.25, 0.3) is 0 Å². The second kappa shape index (κ2) is 11.3. The first kappa shape index (κ1) is 21.7. The second-order valence-electron chi connectivity index (χ2n) is 6.00. The van der Waals surface area contributed by atoms with Crippen LogP contribution in [0.2, 0.25) is 0 Å². The molecule has 0 aliphatic carbocycles. The fourth-order valence-electron chi connectivity index (χ4n) is 2.78. The van der Waals surface area contributed by atoms with Gasteiger partial charge in [-0.05, 0) is 36.2 Å². The van der Waals surface area contributed by atoms with Crippen LogP contribution in [0, 0.1) is 0 Å². The maximum atomic E-state index is 5.28. The quantitative estimate of drug-likeness (QED) is 0.300. The molecule has 148 valence electrons. The van der Waals surface area contributed by atoms with Gasteiger partial charge in [-0.3, -0.25) is 0 Å². The van der Waals surface area contributed by atoms with E-state index in [1.165, 1.54) is 5.56 Å². The first-order valence-corrected chi connectivity index (χ1v) is 9.01. The van der Waals surface area contributed by atoms with Gasteiger partial charge in [-0.15, -0.1) is 24.0 Å². The third-order valence-electron chi connectivity index (χ3n) is 4.12. The zero-order chi connectivity index (χ0) is 18.9. The molecule has 0 spiro atoms. The number of nitrogens with one attached hydrogen (secondary N) is 2. The summed E-state index contributed by atoms with van der Waals surface area (Å²) < 4.78 is 7.29. The summed E-state index contributed by atoms with van der Waals surface area (Å²) in [5.41, 5.74) is 3.37. The van der Waals surface area contributed by atoms with E-state index in [4.69, 9.17) is 4.74 Å². The van der Waals surface area contributed by atoms with Gasteiger partial charge in [-0.25, -0.2) is 9.98 Å². The van der Waals surface area contributed by atoms with Crippen molar-refractivity contribution in [3.63, 3.8) is 0 Å². The van der Waals surface area contributed by atoms with E-state index < -0.39 is 0 Å². The average Bonchev–Trinajstić information content (AvgIpc) is 3.25. The first-order chi connectivity index (χ1) is 13.3. The summed E-state index contributed by atoms with van der Waals surface area (Å²) in [5, 5.41) is 6.71. The highest BCUT2D eigenvalue weighted by Crippen LogP contribution is 2.14. The van der Waals surface area contributed by atoms with Crippen molar-refractivity contribution in [3.8, 4) is 11.4 Å². The molecular weight excluding hydrogens is 465 g/mol. The zero-order valence-electron chi connectivity index (χ0n) is 16.1. The van der Waals surface area contributed by atoms with Crippen molar-refractivity contribution in [3.05, 3.63) is 78.4 Å². The van der Waals surface area contributed by atoms with Crippen LogP contribution in [0.15, 0.2) is 72.2 Å². The number of rotatable bonds is 7. The highest BCUT2D eigenvalue weighted by molar-refractivity contribution is 14.0. The molecule has 0 saturated carbocycles. The third kappa shape index (κ3) is 5.98. The number of imidazole rings is 1. The smallest absolute Gasteiger partial charge is 0.191 e. The second-order valence-corrected chi connectivity index (χ2v) is 6.00. The van der Waals surface area contributed by atoms with Crippen molar-refractivity contribution in [1.82, 2.24) is 20.2 Å². The fourth-order valence-corrected chi connectivity index (χ4v) is 2.78. The summed E-state index contributed by atoms with van der Waals surface area (Å²) in [5.74, 6) is 1.62. The van der Waals surface area contributed by atoms with Crippen LogP contribution in [-0.2, 0) is 13.1 Å². The Morgan fingerprint density at radius 3 is 2.75 bits per heavy atom. The Bertz CT molecular complexity index is 880. The van der Waals surface area contributed by atoms with Gasteiger partial charge in [0, 0.05) is 25.5 Å². The monoisotopic (exact) mass is 491 g/mol. The Hall–Kier alpha value is -2.55. The molecule has 0 radical (unpaired) electrons. The minimum Gasteiger partial charge on any atom is -0.497 e. The molecule has 0 aliphatic heterocycles. The number of nitrogens with zero attached hydrogens (tertiary/aromatic N) is 3. The van der Waals surface area contributed by atoms with E-state index in [1.54, 1.807) is 19.6 Å². The summed E-state index contributed by atoms with van der Waals surface area (Å²) in [7, 11) is 1.67. The standard InChI is InChI=1S/C21H25N5O.HI/c1-3-23-21(24-14-17-7-6-9-19(13-17)27-2)25-15-18-8-4-5-10-20(18)26-12-11-22-16-26;/h4-13,16H,3,14-15H2,1-2H3,(H2,23,24,25);1H. The minimum absolute atomic E-state index is 0. The molecule has 3 rings (SSSR count). The lowest BCUT2D eigenvalue weighted by Gasteiger charge is -2.14. The molecular formula is C21H26IN5O. The lowest BCUT2D eigenvalue weighted by molar-refractivity contribution is 0.414. The molecule has 0 amide bonds. The molecule has 3 aromatic rings. The average molecular weight is 491 g/mol. The van der Waals surface area contributed by atoms with Crippen molar-refractivity contribution in [2.45, 2.75) is 20.0 Å². The molecule has 1 heterocycles. The third-order valence-corrected chi connectivity index (χ3v) is 4.12. The first-order valence-electron chi connectivity index (χ1n) is 9.01. The van der Waals surface area contributed by atoms with Crippen LogP contribution in [0.1, 0.15) is 18.1 Å². The van der Waals surface area contributed by atoms with E-state index in [1.807, 2.05) is 47.2 Å².